The van der Waals surface area contributed by atoms with E-state index in [0.29, 0.717) is 29.3 Å². The van der Waals surface area contributed by atoms with Gasteiger partial charge in [-0.3, -0.25) is 0 Å². The zero-order valence-corrected chi connectivity index (χ0v) is 14.3. The summed E-state index contributed by atoms with van der Waals surface area (Å²) in [4.78, 5) is 11.2. The summed E-state index contributed by atoms with van der Waals surface area (Å²) in [6, 6.07) is 13.5. The number of rotatable bonds is 2. The number of hydrogen-bond donors (Lipinski definition) is 1. The van der Waals surface area contributed by atoms with E-state index in [9.17, 15) is 0 Å². The molecule has 0 spiro atoms. The average molecular weight is 357 g/mol. The lowest BCUT2D eigenvalue weighted by molar-refractivity contribution is 0.577. The standard InChI is InChI=1S/C19H15N7O/c20-10-12-3-4-13-5-6-25(11-14(13)8-12)16-9-17-22-18(15-2-1-7-27-15)24-26(17)19(21)23-16/h1-4,7-9H,5-6,11H2,(H2,21,23). The van der Waals surface area contributed by atoms with E-state index in [1.807, 2.05) is 24.3 Å². The Bertz CT molecular complexity index is 1190. The van der Waals surface area contributed by atoms with Gasteiger partial charge in [-0.15, -0.1) is 5.10 Å². The summed E-state index contributed by atoms with van der Waals surface area (Å²) < 4.78 is 6.87. The number of furan rings is 1. The van der Waals surface area contributed by atoms with Crippen LogP contribution in [0.25, 0.3) is 17.2 Å². The number of hydrogen-bond acceptors (Lipinski definition) is 7. The van der Waals surface area contributed by atoms with Gasteiger partial charge < -0.3 is 15.1 Å². The smallest absolute Gasteiger partial charge is 0.225 e. The van der Waals surface area contributed by atoms with E-state index in [0.717, 1.165) is 24.3 Å². The monoisotopic (exact) mass is 357 g/mol. The molecular weight excluding hydrogens is 342 g/mol. The van der Waals surface area contributed by atoms with Gasteiger partial charge >= 0.3 is 0 Å². The lowest BCUT2D eigenvalue weighted by atomic mass is 9.98. The summed E-state index contributed by atoms with van der Waals surface area (Å²) in [6.07, 6.45) is 2.47. The highest BCUT2D eigenvalue weighted by molar-refractivity contribution is 5.60. The topological polar surface area (TPSA) is 109 Å². The van der Waals surface area contributed by atoms with Crippen LogP contribution in [0.3, 0.4) is 0 Å². The molecule has 132 valence electrons. The van der Waals surface area contributed by atoms with Crippen molar-refractivity contribution in [2.24, 2.45) is 0 Å². The van der Waals surface area contributed by atoms with Crippen molar-refractivity contribution < 1.29 is 4.42 Å². The van der Waals surface area contributed by atoms with E-state index in [4.69, 9.17) is 15.4 Å². The van der Waals surface area contributed by atoms with E-state index in [2.05, 4.69) is 26.0 Å². The average Bonchev–Trinajstić information content (AvgIpc) is 3.36. The van der Waals surface area contributed by atoms with Crippen molar-refractivity contribution in [1.82, 2.24) is 19.6 Å². The van der Waals surface area contributed by atoms with E-state index < -0.39 is 0 Å². The minimum atomic E-state index is 0.268. The third-order valence-electron chi connectivity index (χ3n) is 4.75. The van der Waals surface area contributed by atoms with Crippen LogP contribution in [0.1, 0.15) is 16.7 Å². The molecule has 5 rings (SSSR count). The van der Waals surface area contributed by atoms with Crippen LogP contribution >= 0.6 is 0 Å². The number of benzene rings is 1. The second kappa shape index (κ2) is 5.85. The second-order valence-corrected chi connectivity index (χ2v) is 6.42. The first kappa shape index (κ1) is 15.4. The molecule has 0 bridgehead atoms. The van der Waals surface area contributed by atoms with Crippen LogP contribution in [0.4, 0.5) is 11.8 Å². The first-order valence-electron chi connectivity index (χ1n) is 8.55. The summed E-state index contributed by atoms with van der Waals surface area (Å²) in [6.45, 7) is 1.49. The molecule has 0 saturated heterocycles. The lowest BCUT2D eigenvalue weighted by Crippen LogP contribution is -2.31. The number of nitriles is 1. The molecule has 0 saturated carbocycles. The number of nitrogen functional groups attached to an aromatic ring is 1. The zero-order chi connectivity index (χ0) is 18.4. The normalized spacial score (nSPS) is 13.5. The van der Waals surface area contributed by atoms with Gasteiger partial charge in [0.05, 0.1) is 17.9 Å². The van der Waals surface area contributed by atoms with Gasteiger partial charge in [0.2, 0.25) is 11.8 Å². The van der Waals surface area contributed by atoms with Crippen molar-refractivity contribution >= 4 is 17.4 Å². The Balaban J connectivity index is 1.52. The highest BCUT2D eigenvalue weighted by Crippen LogP contribution is 2.26. The lowest BCUT2D eigenvalue weighted by Gasteiger charge is -2.30. The van der Waals surface area contributed by atoms with Crippen molar-refractivity contribution in [2.45, 2.75) is 13.0 Å². The molecule has 2 N–H and O–H groups in total. The molecule has 3 aromatic heterocycles. The predicted molar refractivity (Wildman–Crippen MR) is 98.8 cm³/mol. The van der Waals surface area contributed by atoms with E-state index in [1.165, 1.54) is 10.1 Å². The number of nitrogens with two attached hydrogens (primary N) is 1. The van der Waals surface area contributed by atoms with E-state index in [-0.39, 0.29) is 5.95 Å². The van der Waals surface area contributed by atoms with Crippen molar-refractivity contribution in [3.63, 3.8) is 0 Å². The molecular formula is C19H15N7O. The molecule has 1 aliphatic heterocycles. The van der Waals surface area contributed by atoms with Crippen molar-refractivity contribution in [3.8, 4) is 17.7 Å². The molecule has 0 radical (unpaired) electrons. The van der Waals surface area contributed by atoms with Gasteiger partial charge in [-0.1, -0.05) is 6.07 Å². The molecule has 0 fully saturated rings. The van der Waals surface area contributed by atoms with Crippen molar-refractivity contribution in [1.29, 1.82) is 5.26 Å². The Kier molecular flexibility index (Phi) is 3.33. The third kappa shape index (κ3) is 2.57. The molecule has 4 heterocycles. The summed E-state index contributed by atoms with van der Waals surface area (Å²) in [5.74, 6) is 2.06. The summed E-state index contributed by atoms with van der Waals surface area (Å²) in [5.41, 5.74) is 9.80. The summed E-state index contributed by atoms with van der Waals surface area (Å²) >= 11 is 0. The fourth-order valence-corrected chi connectivity index (χ4v) is 3.39. The number of nitrogens with zero attached hydrogens (tertiary/aromatic N) is 6. The van der Waals surface area contributed by atoms with Gasteiger partial charge in [0.25, 0.3) is 0 Å². The van der Waals surface area contributed by atoms with Crippen LogP contribution in [0.2, 0.25) is 0 Å². The van der Waals surface area contributed by atoms with Gasteiger partial charge in [-0.05, 0) is 41.8 Å². The Morgan fingerprint density at radius 3 is 2.89 bits per heavy atom. The molecule has 8 nitrogen and oxygen atoms in total. The van der Waals surface area contributed by atoms with Gasteiger partial charge in [-0.2, -0.15) is 14.8 Å². The van der Waals surface area contributed by atoms with Crippen molar-refractivity contribution in [2.75, 3.05) is 17.2 Å². The number of anilines is 2. The quantitative estimate of drug-likeness (QED) is 0.586. The van der Waals surface area contributed by atoms with Gasteiger partial charge in [0.15, 0.2) is 11.4 Å². The zero-order valence-electron chi connectivity index (χ0n) is 14.3. The largest absolute Gasteiger partial charge is 0.461 e. The van der Waals surface area contributed by atoms with E-state index >= 15 is 0 Å². The van der Waals surface area contributed by atoms with Crippen LogP contribution in [0, 0.1) is 11.3 Å². The molecule has 1 aliphatic rings. The number of fused-ring (bicyclic) bond motifs is 2. The molecule has 8 heteroatoms. The first-order chi connectivity index (χ1) is 13.2. The minimum Gasteiger partial charge on any atom is -0.461 e. The Labute approximate surface area is 154 Å². The number of aromatic nitrogens is 4. The fourth-order valence-electron chi connectivity index (χ4n) is 3.39. The molecule has 1 aromatic carbocycles. The van der Waals surface area contributed by atoms with Crippen molar-refractivity contribution in [3.05, 3.63) is 59.4 Å². The highest BCUT2D eigenvalue weighted by atomic mass is 16.3. The van der Waals surface area contributed by atoms with Gasteiger partial charge in [-0.25, -0.2) is 4.98 Å². The highest BCUT2D eigenvalue weighted by Gasteiger charge is 2.20. The maximum Gasteiger partial charge on any atom is 0.225 e. The summed E-state index contributed by atoms with van der Waals surface area (Å²) in [7, 11) is 0. The maximum atomic E-state index is 9.14. The Hall–Kier alpha value is -3.86. The van der Waals surface area contributed by atoms with Crippen LogP contribution in [0.15, 0.2) is 47.1 Å². The van der Waals surface area contributed by atoms with Crippen LogP contribution in [-0.4, -0.2) is 26.1 Å². The summed E-state index contributed by atoms with van der Waals surface area (Å²) in [5, 5.41) is 13.5. The Morgan fingerprint density at radius 2 is 2.07 bits per heavy atom. The van der Waals surface area contributed by atoms with Crippen LogP contribution in [-0.2, 0) is 13.0 Å². The van der Waals surface area contributed by atoms with Gasteiger partial charge in [0, 0.05) is 19.2 Å². The van der Waals surface area contributed by atoms with Gasteiger partial charge in [0.1, 0.15) is 5.82 Å². The second-order valence-electron chi connectivity index (χ2n) is 6.42. The van der Waals surface area contributed by atoms with Crippen LogP contribution < -0.4 is 10.6 Å². The predicted octanol–water partition coefficient (Wildman–Crippen LogP) is 2.40. The maximum absolute atomic E-state index is 9.14. The Morgan fingerprint density at radius 1 is 1.15 bits per heavy atom. The van der Waals surface area contributed by atoms with E-state index in [1.54, 1.807) is 18.4 Å². The molecule has 0 amide bonds. The molecule has 0 atom stereocenters. The SMILES string of the molecule is N#Cc1ccc2c(c1)CN(c1cc3nc(-c4ccco4)nn3c(N)n1)CC2. The fraction of sp³-hybridized carbons (Fsp3) is 0.158. The van der Waals surface area contributed by atoms with Crippen LogP contribution in [0.5, 0.6) is 0 Å². The first-order valence-corrected chi connectivity index (χ1v) is 8.55. The molecule has 27 heavy (non-hydrogen) atoms. The third-order valence-corrected chi connectivity index (χ3v) is 4.75. The molecule has 4 aromatic rings. The minimum absolute atomic E-state index is 0.268. The molecule has 0 aliphatic carbocycles. The molecule has 0 unspecified atom stereocenters.